The summed E-state index contributed by atoms with van der Waals surface area (Å²) < 4.78 is 16.3. The molecule has 0 aliphatic heterocycles. The van der Waals surface area contributed by atoms with Gasteiger partial charge in [0.2, 0.25) is 5.88 Å². The molecular formula is C25H33N5O5. The van der Waals surface area contributed by atoms with Gasteiger partial charge in [0.15, 0.2) is 0 Å². The molecule has 10 nitrogen and oxygen atoms in total. The minimum absolute atomic E-state index is 0.131. The number of nitrogens with zero attached hydrogens (tertiary/aromatic N) is 3. The van der Waals surface area contributed by atoms with Gasteiger partial charge in [0.25, 0.3) is 6.01 Å². The van der Waals surface area contributed by atoms with Gasteiger partial charge in [0.1, 0.15) is 12.2 Å². The van der Waals surface area contributed by atoms with Crippen LogP contribution in [0.3, 0.4) is 0 Å². The first-order valence-electron chi connectivity index (χ1n) is 11.4. The molecule has 0 saturated carbocycles. The Kier molecular flexibility index (Phi) is 8.29. The SMILES string of the molecule is Cc1c(NC(=O)OC(C)(C)C)ccc2nc(NCCc3ccc(OCCN(C)C)nc3)oc(=O)c12. The van der Waals surface area contributed by atoms with Crippen LogP contribution in [0.1, 0.15) is 31.9 Å². The second-order valence-corrected chi connectivity index (χ2v) is 9.40. The molecule has 0 radical (unpaired) electrons. The number of aromatic nitrogens is 2. The lowest BCUT2D eigenvalue weighted by Gasteiger charge is -2.20. The Morgan fingerprint density at radius 1 is 1.17 bits per heavy atom. The monoisotopic (exact) mass is 483 g/mol. The van der Waals surface area contributed by atoms with E-state index in [2.05, 4.69) is 20.6 Å². The Bertz CT molecular complexity index is 1220. The highest BCUT2D eigenvalue weighted by Gasteiger charge is 2.18. The zero-order chi connectivity index (χ0) is 25.6. The average Bonchev–Trinajstić information content (AvgIpc) is 2.75. The molecule has 3 rings (SSSR count). The number of anilines is 2. The number of pyridine rings is 1. The lowest BCUT2D eigenvalue weighted by atomic mass is 10.1. The topological polar surface area (TPSA) is 119 Å². The first-order chi connectivity index (χ1) is 16.5. The first kappa shape index (κ1) is 26.0. The Morgan fingerprint density at radius 2 is 1.94 bits per heavy atom. The molecule has 0 spiro atoms. The minimum Gasteiger partial charge on any atom is -0.476 e. The molecule has 0 aliphatic carbocycles. The van der Waals surface area contributed by atoms with Crippen molar-refractivity contribution in [2.45, 2.75) is 39.7 Å². The van der Waals surface area contributed by atoms with Crippen LogP contribution in [0.25, 0.3) is 10.9 Å². The molecule has 188 valence electrons. The molecule has 0 atom stereocenters. The maximum Gasteiger partial charge on any atom is 0.412 e. The molecule has 0 aliphatic rings. The fourth-order valence-corrected chi connectivity index (χ4v) is 3.23. The van der Waals surface area contributed by atoms with Crippen LogP contribution in [0.5, 0.6) is 5.88 Å². The number of carbonyl (C=O) groups is 1. The van der Waals surface area contributed by atoms with Gasteiger partial charge in [-0.15, -0.1) is 0 Å². The Hall–Kier alpha value is -3.66. The molecule has 2 N–H and O–H groups in total. The van der Waals surface area contributed by atoms with Crippen LogP contribution in [0.4, 0.5) is 16.5 Å². The molecule has 1 amide bonds. The number of nitrogens with one attached hydrogen (secondary N) is 2. The summed E-state index contributed by atoms with van der Waals surface area (Å²) in [6, 6.07) is 7.27. The lowest BCUT2D eigenvalue weighted by molar-refractivity contribution is 0.0636. The number of benzene rings is 1. The smallest absolute Gasteiger partial charge is 0.412 e. The highest BCUT2D eigenvalue weighted by Crippen LogP contribution is 2.24. The third kappa shape index (κ3) is 7.68. The molecule has 0 unspecified atom stereocenters. The van der Waals surface area contributed by atoms with E-state index in [9.17, 15) is 9.59 Å². The number of rotatable bonds is 9. The number of hydrogen-bond donors (Lipinski definition) is 2. The Labute approximate surface area is 204 Å². The number of hydrogen-bond acceptors (Lipinski definition) is 9. The van der Waals surface area contributed by atoms with Gasteiger partial charge >= 0.3 is 11.7 Å². The first-order valence-corrected chi connectivity index (χ1v) is 11.4. The predicted octanol–water partition coefficient (Wildman–Crippen LogP) is 3.83. The molecule has 35 heavy (non-hydrogen) atoms. The van der Waals surface area contributed by atoms with E-state index in [4.69, 9.17) is 13.9 Å². The maximum absolute atomic E-state index is 12.7. The van der Waals surface area contributed by atoms with Gasteiger partial charge in [-0.3, -0.25) is 5.32 Å². The van der Waals surface area contributed by atoms with Gasteiger partial charge in [-0.2, -0.15) is 4.98 Å². The summed E-state index contributed by atoms with van der Waals surface area (Å²) in [4.78, 5) is 35.5. The van der Waals surface area contributed by atoms with Crippen LogP contribution in [0.15, 0.2) is 39.7 Å². The zero-order valence-corrected chi connectivity index (χ0v) is 21.1. The van der Waals surface area contributed by atoms with Crippen molar-refractivity contribution >= 4 is 28.7 Å². The standard InChI is InChI=1S/C25H33N5O5/c1-16-18(29-24(32)35-25(2,3)4)8-9-19-21(16)22(31)34-23(28-19)26-12-11-17-7-10-20(27-15-17)33-14-13-30(5)6/h7-10,15H,11-14H2,1-6H3,(H,26,28)(H,29,32). The normalized spacial score (nSPS) is 11.5. The molecule has 3 aromatic rings. The second-order valence-electron chi connectivity index (χ2n) is 9.40. The number of ether oxygens (including phenoxy) is 2. The summed E-state index contributed by atoms with van der Waals surface area (Å²) in [5.74, 6) is 0.585. The van der Waals surface area contributed by atoms with E-state index in [1.54, 1.807) is 46.0 Å². The van der Waals surface area contributed by atoms with Gasteiger partial charge in [0, 0.05) is 31.0 Å². The van der Waals surface area contributed by atoms with Gasteiger partial charge in [-0.05, 0) is 71.5 Å². The number of fused-ring (bicyclic) bond motifs is 1. The summed E-state index contributed by atoms with van der Waals surface area (Å²) in [5, 5.41) is 6.02. The third-order valence-electron chi connectivity index (χ3n) is 4.97. The molecule has 0 saturated heterocycles. The zero-order valence-electron chi connectivity index (χ0n) is 21.1. The molecule has 2 heterocycles. The van der Waals surface area contributed by atoms with E-state index in [1.165, 1.54) is 0 Å². The van der Waals surface area contributed by atoms with Crippen molar-refractivity contribution in [3.8, 4) is 5.88 Å². The van der Waals surface area contributed by atoms with Gasteiger partial charge in [-0.1, -0.05) is 6.07 Å². The maximum atomic E-state index is 12.7. The summed E-state index contributed by atoms with van der Waals surface area (Å²) >= 11 is 0. The van der Waals surface area contributed by atoms with Crippen molar-refractivity contribution in [2.24, 2.45) is 0 Å². The largest absolute Gasteiger partial charge is 0.476 e. The fraction of sp³-hybridized carbons (Fsp3) is 0.440. The van der Waals surface area contributed by atoms with Crippen molar-refractivity contribution in [3.05, 3.63) is 52.0 Å². The second kappa shape index (κ2) is 11.2. The van der Waals surface area contributed by atoms with Crippen LogP contribution < -0.4 is 21.0 Å². The van der Waals surface area contributed by atoms with Crippen molar-refractivity contribution in [1.82, 2.24) is 14.9 Å². The predicted molar refractivity (Wildman–Crippen MR) is 135 cm³/mol. The van der Waals surface area contributed by atoms with E-state index in [-0.39, 0.29) is 6.01 Å². The number of amides is 1. The Balaban J connectivity index is 1.61. The van der Waals surface area contributed by atoms with Crippen molar-refractivity contribution in [1.29, 1.82) is 0 Å². The highest BCUT2D eigenvalue weighted by molar-refractivity contribution is 5.93. The molecule has 0 fully saturated rings. The van der Waals surface area contributed by atoms with Gasteiger partial charge in [0.05, 0.1) is 10.9 Å². The fourth-order valence-electron chi connectivity index (χ4n) is 3.23. The van der Waals surface area contributed by atoms with Crippen molar-refractivity contribution in [3.63, 3.8) is 0 Å². The lowest BCUT2D eigenvalue weighted by Crippen LogP contribution is -2.27. The van der Waals surface area contributed by atoms with E-state index in [1.807, 2.05) is 31.1 Å². The van der Waals surface area contributed by atoms with Crippen molar-refractivity contribution in [2.75, 3.05) is 44.4 Å². The average molecular weight is 484 g/mol. The van der Waals surface area contributed by atoms with Gasteiger partial charge in [-0.25, -0.2) is 14.6 Å². The summed E-state index contributed by atoms with van der Waals surface area (Å²) in [6.07, 6.45) is 1.82. The van der Waals surface area contributed by atoms with Gasteiger partial charge < -0.3 is 24.1 Å². The van der Waals surface area contributed by atoms with E-state index < -0.39 is 17.3 Å². The van der Waals surface area contributed by atoms with Crippen LogP contribution in [0, 0.1) is 6.92 Å². The third-order valence-corrected chi connectivity index (χ3v) is 4.97. The van der Waals surface area contributed by atoms with E-state index >= 15 is 0 Å². The number of aryl methyl sites for hydroxylation is 1. The van der Waals surface area contributed by atoms with Crippen LogP contribution in [0.2, 0.25) is 0 Å². The van der Waals surface area contributed by atoms with E-state index in [0.29, 0.717) is 47.6 Å². The summed E-state index contributed by atoms with van der Waals surface area (Å²) in [7, 11) is 3.98. The van der Waals surface area contributed by atoms with E-state index in [0.717, 1.165) is 12.1 Å². The summed E-state index contributed by atoms with van der Waals surface area (Å²) in [6.45, 7) is 8.95. The number of carbonyl (C=O) groups excluding carboxylic acids is 1. The minimum atomic E-state index is -0.631. The molecule has 2 aromatic heterocycles. The van der Waals surface area contributed by atoms with Crippen molar-refractivity contribution < 1.29 is 18.7 Å². The quantitative estimate of drug-likeness (QED) is 0.468. The molecule has 0 bridgehead atoms. The Morgan fingerprint density at radius 3 is 2.60 bits per heavy atom. The summed E-state index contributed by atoms with van der Waals surface area (Å²) in [5.41, 5.74) is 1.33. The number of likely N-dealkylation sites (N-methyl/N-ethyl adjacent to an activating group) is 1. The highest BCUT2D eigenvalue weighted by atomic mass is 16.6. The molecule has 1 aromatic carbocycles. The molecular weight excluding hydrogens is 450 g/mol. The van der Waals surface area contributed by atoms with Crippen LogP contribution in [-0.2, 0) is 11.2 Å². The van der Waals surface area contributed by atoms with Crippen LogP contribution in [-0.4, -0.2) is 60.4 Å². The van der Waals surface area contributed by atoms with Crippen LogP contribution >= 0.6 is 0 Å². The molecule has 10 heteroatoms.